The molecule has 13 heavy (non-hydrogen) atoms. The zero-order valence-electron chi connectivity index (χ0n) is 8.12. The maximum atomic E-state index is 10.8. The summed E-state index contributed by atoms with van der Waals surface area (Å²) >= 11 is 0. The molecule has 0 N–H and O–H groups in total. The zero-order valence-corrected chi connectivity index (χ0v) is 9.70. The van der Waals surface area contributed by atoms with Crippen LogP contribution in [0.4, 0.5) is 0 Å². The quantitative estimate of drug-likeness (QED) is 0.626. The van der Waals surface area contributed by atoms with Gasteiger partial charge in [0.1, 0.15) is 0 Å². The molecule has 0 aromatic heterocycles. The van der Waals surface area contributed by atoms with Gasteiger partial charge in [0.25, 0.3) is 0 Å². The van der Waals surface area contributed by atoms with Gasteiger partial charge < -0.3 is 4.74 Å². The number of hydrogen-bond acceptors (Lipinski definition) is 3. The number of halogens is 1. The summed E-state index contributed by atoms with van der Waals surface area (Å²) in [5.41, 5.74) is 0. The second kappa shape index (κ2) is 6.62. The van der Waals surface area contributed by atoms with Gasteiger partial charge in [0.15, 0.2) is 0 Å². The van der Waals surface area contributed by atoms with E-state index >= 15 is 0 Å². The van der Waals surface area contributed by atoms with E-state index in [4.69, 9.17) is 15.4 Å². The van der Waals surface area contributed by atoms with Crippen molar-refractivity contribution >= 4 is 19.7 Å². The molecule has 1 unspecified atom stereocenters. The monoisotopic (exact) mass is 228 g/mol. The standard InChI is InChI=1S/C8H17ClO3S/c1-3-4-8(5-6-12-2)7-13(9,10)11/h8H,3-7H2,1-2H3. The molecule has 0 saturated heterocycles. The third kappa shape index (κ3) is 8.53. The minimum absolute atomic E-state index is 0.0613. The summed E-state index contributed by atoms with van der Waals surface area (Å²) in [4.78, 5) is 0. The fourth-order valence-corrected chi connectivity index (χ4v) is 2.72. The molecule has 0 radical (unpaired) electrons. The van der Waals surface area contributed by atoms with Crippen LogP contribution in [-0.2, 0) is 13.8 Å². The first-order valence-corrected chi connectivity index (χ1v) is 6.88. The van der Waals surface area contributed by atoms with E-state index in [-0.39, 0.29) is 11.7 Å². The first-order chi connectivity index (χ1) is 5.99. The molecule has 0 aromatic carbocycles. The van der Waals surface area contributed by atoms with Crippen molar-refractivity contribution in [2.45, 2.75) is 26.2 Å². The van der Waals surface area contributed by atoms with Gasteiger partial charge in [-0.2, -0.15) is 0 Å². The van der Waals surface area contributed by atoms with Crippen LogP contribution in [0.2, 0.25) is 0 Å². The molecule has 0 heterocycles. The van der Waals surface area contributed by atoms with Crippen LogP contribution in [-0.4, -0.2) is 27.9 Å². The van der Waals surface area contributed by atoms with Crippen molar-refractivity contribution < 1.29 is 13.2 Å². The van der Waals surface area contributed by atoms with E-state index in [2.05, 4.69) is 0 Å². The largest absolute Gasteiger partial charge is 0.385 e. The van der Waals surface area contributed by atoms with Crippen LogP contribution in [0.25, 0.3) is 0 Å². The molecule has 0 aromatic rings. The predicted molar refractivity (Wildman–Crippen MR) is 54.5 cm³/mol. The van der Waals surface area contributed by atoms with E-state index in [0.717, 1.165) is 19.3 Å². The van der Waals surface area contributed by atoms with Crippen LogP contribution in [0.3, 0.4) is 0 Å². The topological polar surface area (TPSA) is 43.4 Å². The minimum atomic E-state index is -3.36. The maximum Gasteiger partial charge on any atom is 0.232 e. The molecule has 0 aliphatic carbocycles. The summed E-state index contributed by atoms with van der Waals surface area (Å²) < 4.78 is 26.5. The molecule has 0 rings (SSSR count). The van der Waals surface area contributed by atoms with Crippen LogP contribution in [0.1, 0.15) is 26.2 Å². The highest BCUT2D eigenvalue weighted by molar-refractivity contribution is 8.13. The van der Waals surface area contributed by atoms with Crippen molar-refractivity contribution in [2.75, 3.05) is 19.5 Å². The zero-order chi connectivity index (χ0) is 10.3. The summed E-state index contributed by atoms with van der Waals surface area (Å²) in [7, 11) is 3.42. The SMILES string of the molecule is CCCC(CCOC)CS(=O)(=O)Cl. The Kier molecular flexibility index (Phi) is 6.73. The van der Waals surface area contributed by atoms with Crippen LogP contribution in [0.5, 0.6) is 0 Å². The summed E-state index contributed by atoms with van der Waals surface area (Å²) in [5, 5.41) is 0. The summed E-state index contributed by atoms with van der Waals surface area (Å²) in [6.07, 6.45) is 2.62. The lowest BCUT2D eigenvalue weighted by Crippen LogP contribution is -2.13. The van der Waals surface area contributed by atoms with Gasteiger partial charge in [-0.1, -0.05) is 13.3 Å². The van der Waals surface area contributed by atoms with Crippen molar-refractivity contribution in [3.05, 3.63) is 0 Å². The number of rotatable bonds is 7. The number of methoxy groups -OCH3 is 1. The Morgan fingerprint density at radius 3 is 2.38 bits per heavy atom. The van der Waals surface area contributed by atoms with Gasteiger partial charge in [-0.15, -0.1) is 0 Å². The molecule has 0 aliphatic heterocycles. The van der Waals surface area contributed by atoms with Gasteiger partial charge in [0, 0.05) is 24.4 Å². The molecule has 80 valence electrons. The Hall–Kier alpha value is 0.200. The average molecular weight is 229 g/mol. The first kappa shape index (κ1) is 13.2. The van der Waals surface area contributed by atoms with Gasteiger partial charge in [0.05, 0.1) is 5.75 Å². The van der Waals surface area contributed by atoms with Crippen LogP contribution in [0.15, 0.2) is 0 Å². The van der Waals surface area contributed by atoms with Gasteiger partial charge in [-0.05, 0) is 18.8 Å². The van der Waals surface area contributed by atoms with Gasteiger partial charge >= 0.3 is 0 Å². The molecule has 0 amide bonds. The van der Waals surface area contributed by atoms with E-state index in [1.165, 1.54) is 0 Å². The highest BCUT2D eigenvalue weighted by Gasteiger charge is 2.15. The summed E-state index contributed by atoms with van der Waals surface area (Å²) in [6, 6.07) is 0. The van der Waals surface area contributed by atoms with Crippen molar-refractivity contribution in [3.8, 4) is 0 Å². The third-order valence-corrected chi connectivity index (χ3v) is 3.11. The molecule has 5 heteroatoms. The molecule has 1 atom stereocenters. The first-order valence-electron chi connectivity index (χ1n) is 4.41. The average Bonchev–Trinajstić information content (AvgIpc) is 1.98. The molecule has 0 saturated carbocycles. The molecule has 0 bridgehead atoms. The lowest BCUT2D eigenvalue weighted by molar-refractivity contribution is 0.178. The molecule has 3 nitrogen and oxygen atoms in total. The Morgan fingerprint density at radius 2 is 2.00 bits per heavy atom. The molecule has 0 fully saturated rings. The van der Waals surface area contributed by atoms with Crippen molar-refractivity contribution in [1.82, 2.24) is 0 Å². The van der Waals surface area contributed by atoms with E-state index in [1.54, 1.807) is 7.11 Å². The molecular weight excluding hydrogens is 212 g/mol. The summed E-state index contributed by atoms with van der Waals surface area (Å²) in [5.74, 6) is 0.193. The smallest absolute Gasteiger partial charge is 0.232 e. The number of ether oxygens (including phenoxy) is 1. The van der Waals surface area contributed by atoms with E-state index in [1.807, 2.05) is 6.92 Å². The molecule has 0 aliphatic rings. The van der Waals surface area contributed by atoms with Crippen molar-refractivity contribution in [3.63, 3.8) is 0 Å². The highest BCUT2D eigenvalue weighted by Crippen LogP contribution is 2.15. The fourth-order valence-electron chi connectivity index (χ4n) is 1.29. The number of hydrogen-bond donors (Lipinski definition) is 0. The Bertz CT molecular complexity index is 213. The van der Waals surface area contributed by atoms with Gasteiger partial charge in [-0.25, -0.2) is 8.42 Å². The normalized spacial score (nSPS) is 14.4. The summed E-state index contributed by atoms with van der Waals surface area (Å²) in [6.45, 7) is 2.62. The molecular formula is C8H17ClO3S. The van der Waals surface area contributed by atoms with E-state index in [0.29, 0.717) is 6.61 Å². The second-order valence-electron chi connectivity index (χ2n) is 3.14. The predicted octanol–water partition coefficient (Wildman–Crippen LogP) is 2.01. The second-order valence-corrected chi connectivity index (χ2v) is 5.96. The van der Waals surface area contributed by atoms with Crippen LogP contribution in [0, 0.1) is 5.92 Å². The maximum absolute atomic E-state index is 10.8. The fraction of sp³-hybridized carbons (Fsp3) is 1.00. The van der Waals surface area contributed by atoms with Crippen LogP contribution >= 0.6 is 10.7 Å². The van der Waals surface area contributed by atoms with Gasteiger partial charge in [-0.3, -0.25) is 0 Å². The van der Waals surface area contributed by atoms with Crippen molar-refractivity contribution in [1.29, 1.82) is 0 Å². The van der Waals surface area contributed by atoms with Gasteiger partial charge in [0.2, 0.25) is 9.05 Å². The van der Waals surface area contributed by atoms with Crippen molar-refractivity contribution in [2.24, 2.45) is 5.92 Å². The lowest BCUT2D eigenvalue weighted by atomic mass is 10.0. The Balaban J connectivity index is 3.94. The van der Waals surface area contributed by atoms with E-state index < -0.39 is 9.05 Å². The molecule has 0 spiro atoms. The highest BCUT2D eigenvalue weighted by atomic mass is 35.7. The third-order valence-electron chi connectivity index (χ3n) is 1.86. The van der Waals surface area contributed by atoms with E-state index in [9.17, 15) is 8.42 Å². The lowest BCUT2D eigenvalue weighted by Gasteiger charge is -2.12. The van der Waals surface area contributed by atoms with Crippen LogP contribution < -0.4 is 0 Å². The Labute approximate surface area is 84.8 Å². The Morgan fingerprint density at radius 1 is 1.38 bits per heavy atom. The minimum Gasteiger partial charge on any atom is -0.385 e.